The van der Waals surface area contributed by atoms with Crippen molar-refractivity contribution in [3.63, 3.8) is 0 Å². The van der Waals surface area contributed by atoms with Crippen LogP contribution in [0.3, 0.4) is 0 Å². The zero-order valence-electron chi connectivity index (χ0n) is 15.3. The van der Waals surface area contributed by atoms with Crippen LogP contribution in [0.4, 0.5) is 11.4 Å². The van der Waals surface area contributed by atoms with Crippen molar-refractivity contribution in [1.29, 1.82) is 0 Å². The Labute approximate surface area is 170 Å². The first-order valence-electron chi connectivity index (χ1n) is 9.02. The average Bonchev–Trinajstić information content (AvgIpc) is 2.93. The lowest BCUT2D eigenvalue weighted by atomic mass is 9.81. The van der Waals surface area contributed by atoms with Crippen LogP contribution >= 0.6 is 11.6 Å². The molecule has 1 heterocycles. The Hall–Kier alpha value is -3.01. The number of nitrogens with one attached hydrogen (secondary N) is 1. The lowest BCUT2D eigenvalue weighted by Gasteiger charge is -2.19. The smallest absolute Gasteiger partial charge is 0.326 e. The number of carbonyl (C=O) groups is 4. The number of halogens is 1. The van der Waals surface area contributed by atoms with Crippen molar-refractivity contribution >= 4 is 46.7 Å². The lowest BCUT2D eigenvalue weighted by molar-refractivity contribution is -0.384. The molecule has 0 spiro atoms. The first-order chi connectivity index (χ1) is 13.8. The molecule has 1 aromatic carbocycles. The van der Waals surface area contributed by atoms with Crippen molar-refractivity contribution in [2.45, 2.75) is 25.7 Å². The molecule has 3 rings (SSSR count). The van der Waals surface area contributed by atoms with E-state index in [4.69, 9.17) is 16.3 Å². The number of likely N-dealkylation sites (tertiary alicyclic amines) is 1. The van der Waals surface area contributed by atoms with E-state index in [1.165, 1.54) is 12.1 Å². The van der Waals surface area contributed by atoms with Gasteiger partial charge in [0.2, 0.25) is 11.8 Å². The molecule has 1 saturated carbocycles. The molecule has 0 radical (unpaired) electrons. The Balaban J connectivity index is 1.52. The van der Waals surface area contributed by atoms with Gasteiger partial charge in [-0.15, -0.1) is 0 Å². The van der Waals surface area contributed by atoms with Crippen molar-refractivity contribution in [3.05, 3.63) is 33.3 Å². The summed E-state index contributed by atoms with van der Waals surface area (Å²) in [6, 6.07) is 3.51. The molecule has 1 saturated heterocycles. The average molecular weight is 424 g/mol. The summed E-state index contributed by atoms with van der Waals surface area (Å²) < 4.78 is 4.83. The Morgan fingerprint density at radius 2 is 1.83 bits per heavy atom. The second-order valence-corrected chi connectivity index (χ2v) is 7.30. The van der Waals surface area contributed by atoms with Crippen molar-refractivity contribution in [2.75, 3.05) is 18.5 Å². The number of anilines is 1. The Bertz CT molecular complexity index is 864. The molecule has 2 fully saturated rings. The highest BCUT2D eigenvalue weighted by Crippen LogP contribution is 2.37. The molecule has 3 amide bonds. The number of hydrogen-bond donors (Lipinski definition) is 1. The molecule has 0 aromatic heterocycles. The van der Waals surface area contributed by atoms with Gasteiger partial charge < -0.3 is 10.1 Å². The highest BCUT2D eigenvalue weighted by molar-refractivity contribution is 6.33. The van der Waals surface area contributed by atoms with Crippen LogP contribution in [0, 0.1) is 22.0 Å². The molecular formula is C18H18ClN3O7. The van der Waals surface area contributed by atoms with E-state index in [1.54, 1.807) is 0 Å². The third-order valence-electron chi connectivity index (χ3n) is 5.02. The fourth-order valence-electron chi connectivity index (χ4n) is 3.62. The van der Waals surface area contributed by atoms with Crippen LogP contribution in [0.1, 0.15) is 25.7 Å². The third-order valence-corrected chi connectivity index (χ3v) is 5.35. The van der Waals surface area contributed by atoms with Gasteiger partial charge in [0, 0.05) is 12.1 Å². The standard InChI is InChI=1S/C18H18ClN3O7/c19-13-6-5-10(22(27)28)7-14(13)20-15(23)9-29-16(24)8-21-17(25)11-3-1-2-4-12(11)18(21)26/h5-7,11-12H,1-4,8-9H2,(H,20,23)/t11-,12-/m0/s1. The van der Waals surface area contributed by atoms with Crippen LogP contribution in [0.25, 0.3) is 0 Å². The number of nitrogens with zero attached hydrogens (tertiary/aromatic N) is 2. The first-order valence-corrected chi connectivity index (χ1v) is 9.40. The fourth-order valence-corrected chi connectivity index (χ4v) is 3.78. The van der Waals surface area contributed by atoms with Crippen LogP contribution in [0.2, 0.25) is 5.02 Å². The summed E-state index contributed by atoms with van der Waals surface area (Å²) >= 11 is 5.89. The van der Waals surface area contributed by atoms with Gasteiger partial charge in [-0.2, -0.15) is 0 Å². The van der Waals surface area contributed by atoms with Crippen molar-refractivity contribution in [2.24, 2.45) is 11.8 Å². The summed E-state index contributed by atoms with van der Waals surface area (Å²) in [5, 5.41) is 13.2. The highest BCUT2D eigenvalue weighted by Gasteiger charge is 2.48. The Morgan fingerprint density at radius 1 is 1.21 bits per heavy atom. The monoisotopic (exact) mass is 423 g/mol. The molecule has 2 atom stereocenters. The van der Waals surface area contributed by atoms with E-state index in [0.717, 1.165) is 23.8 Å². The quantitative estimate of drug-likeness (QED) is 0.319. The number of ether oxygens (including phenoxy) is 1. The number of rotatable bonds is 6. The van der Waals surface area contributed by atoms with Gasteiger partial charge in [0.15, 0.2) is 6.61 Å². The highest BCUT2D eigenvalue weighted by atomic mass is 35.5. The zero-order valence-corrected chi connectivity index (χ0v) is 16.0. The number of amides is 3. The maximum Gasteiger partial charge on any atom is 0.326 e. The van der Waals surface area contributed by atoms with Gasteiger partial charge in [-0.3, -0.25) is 34.2 Å². The van der Waals surface area contributed by atoms with Gasteiger partial charge in [-0.05, 0) is 18.9 Å². The maximum atomic E-state index is 12.3. The van der Waals surface area contributed by atoms with Crippen LogP contribution in [0.15, 0.2) is 18.2 Å². The molecule has 0 bridgehead atoms. The summed E-state index contributed by atoms with van der Waals surface area (Å²) in [7, 11) is 0. The molecule has 1 aliphatic heterocycles. The second-order valence-electron chi connectivity index (χ2n) is 6.89. The molecule has 1 N–H and O–H groups in total. The number of benzene rings is 1. The van der Waals surface area contributed by atoms with Crippen LogP contribution in [-0.4, -0.2) is 46.7 Å². The fraction of sp³-hybridized carbons (Fsp3) is 0.444. The van der Waals surface area contributed by atoms with E-state index in [-0.39, 0.29) is 40.0 Å². The lowest BCUT2D eigenvalue weighted by Crippen LogP contribution is -2.37. The molecule has 11 heteroatoms. The Kier molecular flexibility index (Phi) is 6.12. The van der Waals surface area contributed by atoms with Crippen LogP contribution < -0.4 is 5.32 Å². The van der Waals surface area contributed by atoms with Gasteiger partial charge in [-0.1, -0.05) is 24.4 Å². The van der Waals surface area contributed by atoms with Crippen LogP contribution in [0.5, 0.6) is 0 Å². The van der Waals surface area contributed by atoms with Crippen molar-refractivity contribution < 1.29 is 28.8 Å². The zero-order chi connectivity index (χ0) is 21.1. The third kappa shape index (κ3) is 4.53. The number of imide groups is 1. The Morgan fingerprint density at radius 3 is 2.41 bits per heavy atom. The molecular weight excluding hydrogens is 406 g/mol. The van der Waals surface area contributed by atoms with Gasteiger partial charge in [0.05, 0.1) is 27.5 Å². The van der Waals surface area contributed by atoms with E-state index < -0.39 is 30.0 Å². The molecule has 154 valence electrons. The number of esters is 1. The number of nitro groups is 1. The SMILES string of the molecule is O=C(COC(=O)CN1C(=O)[C@H]2CCCC[C@@H]2C1=O)Nc1cc([N+](=O)[O-])ccc1Cl. The predicted molar refractivity (Wildman–Crippen MR) is 99.9 cm³/mol. The number of carbonyl (C=O) groups excluding carboxylic acids is 4. The van der Waals surface area contributed by atoms with E-state index in [9.17, 15) is 29.3 Å². The van der Waals surface area contributed by atoms with Crippen LogP contribution in [-0.2, 0) is 23.9 Å². The summed E-state index contributed by atoms with van der Waals surface area (Å²) in [4.78, 5) is 59.7. The minimum Gasteiger partial charge on any atom is -0.454 e. The minimum absolute atomic E-state index is 0.00381. The molecule has 2 aliphatic rings. The second kappa shape index (κ2) is 8.56. The number of nitro benzene ring substituents is 1. The molecule has 1 aliphatic carbocycles. The summed E-state index contributed by atoms with van der Waals surface area (Å²) in [6.07, 6.45) is 3.01. The predicted octanol–water partition coefficient (Wildman–Crippen LogP) is 1.91. The van der Waals surface area contributed by atoms with Gasteiger partial charge in [0.1, 0.15) is 6.54 Å². The molecule has 0 unspecified atom stereocenters. The first kappa shape index (κ1) is 20.7. The van der Waals surface area contributed by atoms with Gasteiger partial charge >= 0.3 is 5.97 Å². The summed E-state index contributed by atoms with van der Waals surface area (Å²) in [5.74, 6) is -3.15. The maximum absolute atomic E-state index is 12.3. The van der Waals surface area contributed by atoms with Gasteiger partial charge in [0.25, 0.3) is 11.6 Å². The van der Waals surface area contributed by atoms with E-state index >= 15 is 0 Å². The van der Waals surface area contributed by atoms with Crippen molar-refractivity contribution in [1.82, 2.24) is 4.90 Å². The summed E-state index contributed by atoms with van der Waals surface area (Å²) in [5.41, 5.74) is -0.273. The number of fused-ring (bicyclic) bond motifs is 1. The van der Waals surface area contributed by atoms with E-state index in [0.29, 0.717) is 12.8 Å². The molecule has 10 nitrogen and oxygen atoms in total. The normalized spacial score (nSPS) is 20.9. The molecule has 1 aromatic rings. The van der Waals surface area contributed by atoms with Gasteiger partial charge in [-0.25, -0.2) is 0 Å². The number of non-ortho nitro benzene ring substituents is 1. The van der Waals surface area contributed by atoms with E-state index in [2.05, 4.69) is 5.32 Å². The van der Waals surface area contributed by atoms with E-state index in [1.807, 2.05) is 0 Å². The largest absolute Gasteiger partial charge is 0.454 e. The minimum atomic E-state index is -0.898. The molecule has 29 heavy (non-hydrogen) atoms. The van der Waals surface area contributed by atoms with Crippen molar-refractivity contribution in [3.8, 4) is 0 Å². The topological polar surface area (TPSA) is 136 Å². The number of hydrogen-bond acceptors (Lipinski definition) is 7. The summed E-state index contributed by atoms with van der Waals surface area (Å²) in [6.45, 7) is -1.24.